The number of fused-ring (bicyclic) bond motifs is 1. The van der Waals surface area contributed by atoms with Gasteiger partial charge in [0.25, 0.3) is 0 Å². The zero-order valence-electron chi connectivity index (χ0n) is 10.6. The van der Waals surface area contributed by atoms with Gasteiger partial charge < -0.3 is 10.8 Å². The number of benzene rings is 2. The van der Waals surface area contributed by atoms with Crippen LogP contribution in [0.15, 0.2) is 54.9 Å². The van der Waals surface area contributed by atoms with Crippen molar-refractivity contribution in [2.75, 3.05) is 5.73 Å². The van der Waals surface area contributed by atoms with E-state index in [-0.39, 0.29) is 0 Å². The van der Waals surface area contributed by atoms with Gasteiger partial charge in [0.05, 0.1) is 0 Å². The molecule has 20 heavy (non-hydrogen) atoms. The summed E-state index contributed by atoms with van der Waals surface area (Å²) >= 11 is 0. The molecule has 1 atom stereocenters. The van der Waals surface area contributed by atoms with Crippen LogP contribution in [0.3, 0.4) is 0 Å². The Morgan fingerprint density at radius 1 is 1.05 bits per heavy atom. The van der Waals surface area contributed by atoms with E-state index in [9.17, 15) is 9.50 Å². The summed E-state index contributed by atoms with van der Waals surface area (Å²) in [5.41, 5.74) is 7.14. The maximum atomic E-state index is 13.4. The number of nitrogens with two attached hydrogens (primary N) is 1. The molecule has 0 aliphatic heterocycles. The van der Waals surface area contributed by atoms with Crippen LogP contribution in [0.4, 0.5) is 10.1 Å². The van der Waals surface area contributed by atoms with E-state index < -0.39 is 11.9 Å². The van der Waals surface area contributed by atoms with Gasteiger partial charge in [-0.05, 0) is 23.6 Å². The van der Waals surface area contributed by atoms with Gasteiger partial charge >= 0.3 is 0 Å². The number of hydrogen-bond donors (Lipinski definition) is 2. The molecule has 1 heterocycles. The Balaban J connectivity index is 2.17. The number of nitrogen functional groups attached to an aromatic ring is 1. The van der Waals surface area contributed by atoms with Crippen molar-refractivity contribution in [2.45, 2.75) is 6.10 Å². The van der Waals surface area contributed by atoms with Crippen molar-refractivity contribution in [2.24, 2.45) is 0 Å². The molecular formula is C16H13FN2O. The van der Waals surface area contributed by atoms with Crippen LogP contribution in [-0.2, 0) is 0 Å². The van der Waals surface area contributed by atoms with Crippen molar-refractivity contribution in [1.82, 2.24) is 4.98 Å². The smallest absolute Gasteiger partial charge is 0.123 e. The molecule has 0 aliphatic rings. The minimum Gasteiger partial charge on any atom is -0.398 e. The summed E-state index contributed by atoms with van der Waals surface area (Å²) < 4.78 is 13.4. The topological polar surface area (TPSA) is 59.1 Å². The van der Waals surface area contributed by atoms with Gasteiger partial charge in [0, 0.05) is 34.6 Å². The number of halogens is 1. The summed E-state index contributed by atoms with van der Waals surface area (Å²) in [5.74, 6) is -0.429. The predicted molar refractivity (Wildman–Crippen MR) is 76.6 cm³/mol. The molecule has 0 saturated carbocycles. The molecule has 3 rings (SSSR count). The van der Waals surface area contributed by atoms with E-state index in [2.05, 4.69) is 4.98 Å². The van der Waals surface area contributed by atoms with E-state index in [0.29, 0.717) is 16.8 Å². The fraction of sp³-hybridized carbons (Fsp3) is 0.0625. The Hall–Kier alpha value is -2.46. The SMILES string of the molecule is Nc1ccc(F)cc1C(O)c1cncc2ccccc12. The normalized spacial score (nSPS) is 12.5. The van der Waals surface area contributed by atoms with Gasteiger partial charge in [-0.2, -0.15) is 0 Å². The molecule has 0 radical (unpaired) electrons. The summed E-state index contributed by atoms with van der Waals surface area (Å²) in [7, 11) is 0. The first-order valence-corrected chi connectivity index (χ1v) is 6.22. The highest BCUT2D eigenvalue weighted by Gasteiger charge is 2.17. The van der Waals surface area contributed by atoms with Crippen molar-refractivity contribution in [3.8, 4) is 0 Å². The highest BCUT2D eigenvalue weighted by molar-refractivity contribution is 5.85. The second-order valence-corrected chi connectivity index (χ2v) is 4.63. The zero-order valence-corrected chi connectivity index (χ0v) is 10.6. The fourth-order valence-corrected chi connectivity index (χ4v) is 2.31. The number of aromatic nitrogens is 1. The van der Waals surface area contributed by atoms with Crippen LogP contribution in [0.1, 0.15) is 17.2 Å². The summed E-state index contributed by atoms with van der Waals surface area (Å²) in [6.45, 7) is 0. The van der Waals surface area contributed by atoms with Crippen molar-refractivity contribution in [1.29, 1.82) is 0 Å². The summed E-state index contributed by atoms with van der Waals surface area (Å²) in [6.07, 6.45) is 2.29. The molecular weight excluding hydrogens is 255 g/mol. The standard InChI is InChI=1S/C16H13FN2O/c17-11-5-6-15(18)13(7-11)16(20)14-9-19-8-10-3-1-2-4-12(10)14/h1-9,16,20H,18H2. The number of pyridine rings is 1. The number of hydrogen-bond acceptors (Lipinski definition) is 3. The lowest BCUT2D eigenvalue weighted by Gasteiger charge is -2.15. The molecule has 1 aromatic heterocycles. The van der Waals surface area contributed by atoms with Crippen molar-refractivity contribution < 1.29 is 9.50 Å². The summed E-state index contributed by atoms with van der Waals surface area (Å²) in [5, 5.41) is 12.3. The molecule has 0 bridgehead atoms. The molecule has 100 valence electrons. The molecule has 0 aliphatic carbocycles. The van der Waals surface area contributed by atoms with Crippen LogP contribution in [0.25, 0.3) is 10.8 Å². The molecule has 2 aromatic carbocycles. The van der Waals surface area contributed by atoms with E-state index >= 15 is 0 Å². The molecule has 0 saturated heterocycles. The predicted octanol–water partition coefficient (Wildman–Crippen LogP) is 3.04. The van der Waals surface area contributed by atoms with Crippen LogP contribution >= 0.6 is 0 Å². The largest absolute Gasteiger partial charge is 0.398 e. The molecule has 3 aromatic rings. The van der Waals surface area contributed by atoms with Crippen LogP contribution < -0.4 is 5.73 Å². The van der Waals surface area contributed by atoms with Crippen molar-refractivity contribution >= 4 is 16.5 Å². The molecule has 0 spiro atoms. The van der Waals surface area contributed by atoms with Gasteiger partial charge in [-0.25, -0.2) is 4.39 Å². The molecule has 3 nitrogen and oxygen atoms in total. The lowest BCUT2D eigenvalue weighted by Crippen LogP contribution is -2.05. The average molecular weight is 268 g/mol. The molecule has 1 unspecified atom stereocenters. The summed E-state index contributed by atoms with van der Waals surface area (Å²) in [4.78, 5) is 4.12. The van der Waals surface area contributed by atoms with Crippen LogP contribution in [0.5, 0.6) is 0 Å². The van der Waals surface area contributed by atoms with Crippen LogP contribution in [0, 0.1) is 5.82 Å². The van der Waals surface area contributed by atoms with Gasteiger partial charge in [0.15, 0.2) is 0 Å². The van der Waals surface area contributed by atoms with Gasteiger partial charge in [-0.15, -0.1) is 0 Å². The maximum absolute atomic E-state index is 13.4. The van der Waals surface area contributed by atoms with E-state index in [1.165, 1.54) is 18.2 Å². The Labute approximate surface area is 115 Å². The van der Waals surface area contributed by atoms with Gasteiger partial charge in [-0.3, -0.25) is 4.98 Å². The van der Waals surface area contributed by atoms with Crippen LogP contribution in [-0.4, -0.2) is 10.1 Å². The Kier molecular flexibility index (Phi) is 3.08. The highest BCUT2D eigenvalue weighted by Crippen LogP contribution is 2.31. The number of rotatable bonds is 2. The second-order valence-electron chi connectivity index (χ2n) is 4.63. The third-order valence-electron chi connectivity index (χ3n) is 3.34. The third-order valence-corrected chi connectivity index (χ3v) is 3.34. The van der Waals surface area contributed by atoms with Gasteiger partial charge in [0.1, 0.15) is 11.9 Å². The first-order chi connectivity index (χ1) is 9.66. The van der Waals surface area contributed by atoms with E-state index in [4.69, 9.17) is 5.73 Å². The van der Waals surface area contributed by atoms with Gasteiger partial charge in [-0.1, -0.05) is 24.3 Å². The number of nitrogens with zero attached hydrogens (tertiary/aromatic N) is 1. The minimum absolute atomic E-state index is 0.350. The van der Waals surface area contributed by atoms with Crippen molar-refractivity contribution in [3.05, 3.63) is 71.8 Å². The fourth-order valence-electron chi connectivity index (χ4n) is 2.31. The maximum Gasteiger partial charge on any atom is 0.123 e. The Morgan fingerprint density at radius 3 is 2.70 bits per heavy atom. The van der Waals surface area contributed by atoms with Gasteiger partial charge in [0.2, 0.25) is 0 Å². The lowest BCUT2D eigenvalue weighted by molar-refractivity contribution is 0.221. The Bertz CT molecular complexity index is 768. The third kappa shape index (κ3) is 2.10. The molecule has 0 fully saturated rings. The zero-order chi connectivity index (χ0) is 14.1. The Morgan fingerprint density at radius 2 is 1.85 bits per heavy atom. The molecule has 0 amide bonds. The molecule has 3 N–H and O–H groups in total. The van der Waals surface area contributed by atoms with Crippen molar-refractivity contribution in [3.63, 3.8) is 0 Å². The highest BCUT2D eigenvalue weighted by atomic mass is 19.1. The monoisotopic (exact) mass is 268 g/mol. The lowest BCUT2D eigenvalue weighted by atomic mass is 9.97. The minimum atomic E-state index is -1.01. The summed E-state index contributed by atoms with van der Waals surface area (Å²) in [6, 6.07) is 11.6. The quantitative estimate of drug-likeness (QED) is 0.702. The molecule has 4 heteroatoms. The number of anilines is 1. The van der Waals surface area contributed by atoms with E-state index in [1.54, 1.807) is 12.4 Å². The number of aliphatic hydroxyl groups excluding tert-OH is 1. The van der Waals surface area contributed by atoms with E-state index in [1.807, 2.05) is 24.3 Å². The van der Waals surface area contributed by atoms with Crippen LogP contribution in [0.2, 0.25) is 0 Å². The first-order valence-electron chi connectivity index (χ1n) is 6.22. The second kappa shape index (κ2) is 4.90. The van der Waals surface area contributed by atoms with E-state index in [0.717, 1.165) is 10.8 Å². The first kappa shape index (κ1) is 12.6. The average Bonchev–Trinajstić information content (AvgIpc) is 2.48. The number of aliphatic hydroxyl groups is 1.